The number of anilines is 1. The van der Waals surface area contributed by atoms with Crippen LogP contribution in [0.5, 0.6) is 0 Å². The summed E-state index contributed by atoms with van der Waals surface area (Å²) in [4.78, 5) is 14.5. The average molecular weight is 362 g/mol. The Morgan fingerprint density at radius 3 is 2.48 bits per heavy atom. The van der Waals surface area contributed by atoms with Crippen LogP contribution in [0.2, 0.25) is 5.02 Å². The number of nitrogens with one attached hydrogen (secondary N) is 2. The van der Waals surface area contributed by atoms with E-state index in [1.165, 1.54) is 24.3 Å². The average Bonchev–Trinajstić information content (AvgIpc) is 3.13. The number of hydrogen-bond acceptors (Lipinski definition) is 2. The van der Waals surface area contributed by atoms with Crippen LogP contribution in [0, 0.1) is 5.82 Å². The zero-order chi connectivity index (χ0) is 17.6. The van der Waals surface area contributed by atoms with Crippen molar-refractivity contribution in [3.8, 4) is 0 Å². The van der Waals surface area contributed by atoms with Gasteiger partial charge in [0.25, 0.3) is 0 Å². The van der Waals surface area contributed by atoms with Crippen LogP contribution in [0.1, 0.15) is 24.4 Å². The minimum atomic E-state index is -0.334. The molecule has 3 rings (SSSR count). The van der Waals surface area contributed by atoms with Crippen LogP contribution in [0.15, 0.2) is 48.5 Å². The highest BCUT2D eigenvalue weighted by molar-refractivity contribution is 6.31. The van der Waals surface area contributed by atoms with Crippen molar-refractivity contribution in [1.82, 2.24) is 10.2 Å². The fraction of sp³-hybridized carbons (Fsp3) is 0.316. The second-order valence-corrected chi connectivity index (χ2v) is 6.53. The largest absolute Gasteiger partial charge is 0.336 e. The van der Waals surface area contributed by atoms with E-state index >= 15 is 0 Å². The van der Waals surface area contributed by atoms with E-state index in [0.717, 1.165) is 31.5 Å². The van der Waals surface area contributed by atoms with Crippen LogP contribution in [0.25, 0.3) is 0 Å². The summed E-state index contributed by atoms with van der Waals surface area (Å²) in [5, 5.41) is 6.33. The van der Waals surface area contributed by atoms with Gasteiger partial charge in [0.05, 0.1) is 6.04 Å². The van der Waals surface area contributed by atoms with Gasteiger partial charge in [0.2, 0.25) is 0 Å². The molecule has 2 aromatic carbocycles. The number of likely N-dealkylation sites (tertiary alicyclic amines) is 1. The molecule has 0 aromatic heterocycles. The van der Waals surface area contributed by atoms with Crippen LogP contribution in [-0.4, -0.2) is 30.6 Å². The summed E-state index contributed by atoms with van der Waals surface area (Å²) in [6.45, 7) is 2.45. The molecule has 0 saturated carbocycles. The van der Waals surface area contributed by atoms with Crippen molar-refractivity contribution in [2.24, 2.45) is 0 Å². The minimum absolute atomic E-state index is 0.0372. The summed E-state index contributed by atoms with van der Waals surface area (Å²) < 4.78 is 12.9. The van der Waals surface area contributed by atoms with Crippen LogP contribution in [-0.2, 0) is 0 Å². The Balaban J connectivity index is 1.65. The van der Waals surface area contributed by atoms with Gasteiger partial charge in [0.1, 0.15) is 5.82 Å². The number of amides is 2. The van der Waals surface area contributed by atoms with Crippen LogP contribution >= 0.6 is 11.6 Å². The van der Waals surface area contributed by atoms with Gasteiger partial charge in [-0.2, -0.15) is 0 Å². The third-order valence-electron chi connectivity index (χ3n) is 4.40. The van der Waals surface area contributed by atoms with Crippen molar-refractivity contribution in [2.45, 2.75) is 18.9 Å². The fourth-order valence-corrected chi connectivity index (χ4v) is 3.39. The summed E-state index contributed by atoms with van der Waals surface area (Å²) in [5.41, 5.74) is 1.57. The van der Waals surface area contributed by atoms with E-state index in [2.05, 4.69) is 15.5 Å². The first kappa shape index (κ1) is 17.7. The van der Waals surface area contributed by atoms with Crippen LogP contribution in [0.4, 0.5) is 14.9 Å². The zero-order valence-corrected chi connectivity index (χ0v) is 14.6. The summed E-state index contributed by atoms with van der Waals surface area (Å²) in [6, 6.07) is 13.1. The van der Waals surface area contributed by atoms with Gasteiger partial charge in [-0.25, -0.2) is 9.18 Å². The number of urea groups is 1. The predicted molar refractivity (Wildman–Crippen MR) is 98.4 cm³/mol. The Bertz CT molecular complexity index is 717. The number of halogens is 2. The van der Waals surface area contributed by atoms with Gasteiger partial charge >= 0.3 is 6.03 Å². The number of benzene rings is 2. The number of carbonyl (C=O) groups excluding carboxylic acids is 1. The lowest BCUT2D eigenvalue weighted by Gasteiger charge is -2.29. The maximum Gasteiger partial charge on any atom is 0.319 e. The Hall–Kier alpha value is -2.11. The van der Waals surface area contributed by atoms with E-state index in [1.807, 2.05) is 24.3 Å². The second-order valence-electron chi connectivity index (χ2n) is 6.12. The summed E-state index contributed by atoms with van der Waals surface area (Å²) in [7, 11) is 0. The summed E-state index contributed by atoms with van der Waals surface area (Å²) >= 11 is 6.37. The van der Waals surface area contributed by atoms with Gasteiger partial charge in [-0.1, -0.05) is 29.8 Å². The van der Waals surface area contributed by atoms with E-state index in [0.29, 0.717) is 17.3 Å². The Kier molecular flexibility index (Phi) is 5.89. The lowest BCUT2D eigenvalue weighted by Crippen LogP contribution is -2.38. The molecule has 4 nitrogen and oxygen atoms in total. The first-order valence-corrected chi connectivity index (χ1v) is 8.80. The monoisotopic (exact) mass is 361 g/mol. The fourth-order valence-electron chi connectivity index (χ4n) is 3.13. The van der Waals surface area contributed by atoms with Crippen molar-refractivity contribution in [3.63, 3.8) is 0 Å². The molecule has 0 radical (unpaired) electrons. The molecule has 1 aliphatic heterocycles. The molecule has 1 fully saturated rings. The molecule has 0 bridgehead atoms. The Morgan fingerprint density at radius 1 is 1.12 bits per heavy atom. The second kappa shape index (κ2) is 8.32. The van der Waals surface area contributed by atoms with E-state index < -0.39 is 0 Å². The van der Waals surface area contributed by atoms with E-state index in [9.17, 15) is 9.18 Å². The lowest BCUT2D eigenvalue weighted by atomic mass is 10.1. The van der Waals surface area contributed by atoms with Crippen molar-refractivity contribution < 1.29 is 9.18 Å². The molecule has 0 aliphatic carbocycles. The first-order valence-electron chi connectivity index (χ1n) is 8.42. The molecular formula is C19H21ClFN3O. The van der Waals surface area contributed by atoms with Gasteiger partial charge in [0.15, 0.2) is 0 Å². The number of hydrogen-bond donors (Lipinski definition) is 2. The standard InChI is InChI=1S/C19H21ClFN3O/c20-17-6-2-1-5-16(17)18(24-11-3-4-12-24)13-22-19(25)23-15-9-7-14(21)8-10-15/h1-2,5-10,18H,3-4,11-13H2,(H2,22,23,25)/t18-/m0/s1. The van der Waals surface area contributed by atoms with Gasteiger partial charge in [-0.05, 0) is 61.8 Å². The molecule has 0 unspecified atom stereocenters. The summed E-state index contributed by atoms with van der Waals surface area (Å²) in [6.07, 6.45) is 2.31. The molecular weight excluding hydrogens is 341 g/mol. The first-order chi connectivity index (χ1) is 12.1. The maximum atomic E-state index is 12.9. The highest BCUT2D eigenvalue weighted by Crippen LogP contribution is 2.29. The quantitative estimate of drug-likeness (QED) is 0.827. The SMILES string of the molecule is O=C(NC[C@@H](c1ccccc1Cl)N1CCCC1)Nc1ccc(F)cc1. The molecule has 6 heteroatoms. The van der Waals surface area contributed by atoms with E-state index in [4.69, 9.17) is 11.6 Å². The van der Waals surface area contributed by atoms with Gasteiger partial charge in [-0.15, -0.1) is 0 Å². The number of rotatable bonds is 5. The van der Waals surface area contributed by atoms with Crippen LogP contribution in [0.3, 0.4) is 0 Å². The molecule has 2 aromatic rings. The molecule has 25 heavy (non-hydrogen) atoms. The highest BCUT2D eigenvalue weighted by atomic mass is 35.5. The van der Waals surface area contributed by atoms with E-state index in [1.54, 1.807) is 0 Å². The molecule has 2 N–H and O–H groups in total. The van der Waals surface area contributed by atoms with Gasteiger partial charge in [0, 0.05) is 17.3 Å². The Labute approximate surface area is 152 Å². The number of nitrogens with zero attached hydrogens (tertiary/aromatic N) is 1. The molecule has 132 valence electrons. The zero-order valence-electron chi connectivity index (χ0n) is 13.8. The van der Waals surface area contributed by atoms with Crippen molar-refractivity contribution in [3.05, 3.63) is 64.9 Å². The summed E-state index contributed by atoms with van der Waals surface area (Å²) in [5.74, 6) is -0.334. The van der Waals surface area contributed by atoms with Crippen molar-refractivity contribution >= 4 is 23.3 Å². The predicted octanol–water partition coefficient (Wildman–Crippen LogP) is 4.44. The van der Waals surface area contributed by atoms with Crippen LogP contribution < -0.4 is 10.6 Å². The molecule has 1 aliphatic rings. The molecule has 1 heterocycles. The number of carbonyl (C=O) groups is 1. The lowest BCUT2D eigenvalue weighted by molar-refractivity contribution is 0.227. The highest BCUT2D eigenvalue weighted by Gasteiger charge is 2.25. The third-order valence-corrected chi connectivity index (χ3v) is 4.75. The molecule has 1 saturated heterocycles. The molecule has 1 atom stereocenters. The Morgan fingerprint density at radius 2 is 1.80 bits per heavy atom. The smallest absolute Gasteiger partial charge is 0.319 e. The third kappa shape index (κ3) is 4.71. The minimum Gasteiger partial charge on any atom is -0.336 e. The van der Waals surface area contributed by atoms with Crippen molar-refractivity contribution in [1.29, 1.82) is 0 Å². The van der Waals surface area contributed by atoms with E-state index in [-0.39, 0.29) is 17.9 Å². The van der Waals surface area contributed by atoms with Gasteiger partial charge < -0.3 is 10.6 Å². The molecule has 2 amide bonds. The normalized spacial score (nSPS) is 15.8. The van der Waals surface area contributed by atoms with Gasteiger partial charge in [-0.3, -0.25) is 4.90 Å². The molecule has 0 spiro atoms. The maximum absolute atomic E-state index is 12.9. The van der Waals surface area contributed by atoms with Crippen molar-refractivity contribution in [2.75, 3.05) is 25.0 Å². The topological polar surface area (TPSA) is 44.4 Å².